The molecule has 1 aromatic heterocycles. The van der Waals surface area contributed by atoms with Gasteiger partial charge in [-0.05, 0) is 34.1 Å². The number of rotatable bonds is 3. The molecule has 2 heterocycles. The van der Waals surface area contributed by atoms with Gasteiger partial charge in [0.05, 0.1) is 30.0 Å². The summed E-state index contributed by atoms with van der Waals surface area (Å²) in [4.78, 5) is 8.29. The van der Waals surface area contributed by atoms with E-state index in [1.165, 1.54) is 6.33 Å². The first-order valence-corrected chi connectivity index (χ1v) is 6.57. The minimum atomic E-state index is -0.263. The monoisotopic (exact) mass is 265 g/mol. The average Bonchev–Trinajstić information content (AvgIpc) is 2.56. The van der Waals surface area contributed by atoms with Crippen LogP contribution < -0.4 is 10.5 Å². The van der Waals surface area contributed by atoms with Crippen molar-refractivity contribution < 1.29 is 9.47 Å². The van der Waals surface area contributed by atoms with Gasteiger partial charge in [0.15, 0.2) is 0 Å². The molecule has 2 N–H and O–H groups in total. The SMILES string of the molecule is COc1cc(C(N)C2CC(C)(C)OC2(C)C)ncn1. The average molecular weight is 265 g/mol. The molecular formula is C14H23N3O2. The largest absolute Gasteiger partial charge is 0.481 e. The first-order chi connectivity index (χ1) is 8.75. The molecule has 0 spiro atoms. The molecule has 0 saturated carbocycles. The molecule has 0 amide bonds. The Bertz CT molecular complexity index is 460. The van der Waals surface area contributed by atoms with E-state index in [0.29, 0.717) is 5.88 Å². The highest BCUT2D eigenvalue weighted by Gasteiger charge is 2.48. The van der Waals surface area contributed by atoms with Crippen molar-refractivity contribution in [2.45, 2.75) is 51.4 Å². The lowest BCUT2D eigenvalue weighted by Gasteiger charge is -2.30. The Morgan fingerprint density at radius 3 is 2.58 bits per heavy atom. The van der Waals surface area contributed by atoms with Gasteiger partial charge in [0.25, 0.3) is 0 Å². The topological polar surface area (TPSA) is 70.3 Å². The van der Waals surface area contributed by atoms with E-state index in [-0.39, 0.29) is 23.2 Å². The van der Waals surface area contributed by atoms with Crippen molar-refractivity contribution >= 4 is 0 Å². The third-order valence-corrected chi connectivity index (χ3v) is 3.79. The van der Waals surface area contributed by atoms with Crippen molar-refractivity contribution in [1.29, 1.82) is 0 Å². The first kappa shape index (κ1) is 14.2. The Morgan fingerprint density at radius 1 is 1.37 bits per heavy atom. The van der Waals surface area contributed by atoms with E-state index in [0.717, 1.165) is 12.1 Å². The van der Waals surface area contributed by atoms with Crippen LogP contribution in [0.25, 0.3) is 0 Å². The van der Waals surface area contributed by atoms with Crippen molar-refractivity contribution in [2.75, 3.05) is 7.11 Å². The van der Waals surface area contributed by atoms with Gasteiger partial charge >= 0.3 is 0 Å². The second-order valence-corrected chi connectivity index (χ2v) is 6.29. The van der Waals surface area contributed by atoms with Crippen molar-refractivity contribution in [3.8, 4) is 5.88 Å². The zero-order valence-corrected chi connectivity index (χ0v) is 12.3. The number of hydrogen-bond donors (Lipinski definition) is 1. The predicted molar refractivity (Wildman–Crippen MR) is 72.9 cm³/mol. The molecule has 0 aromatic carbocycles. The Hall–Kier alpha value is -1.20. The van der Waals surface area contributed by atoms with Gasteiger partial charge in [-0.15, -0.1) is 0 Å². The normalized spacial score (nSPS) is 26.1. The van der Waals surface area contributed by atoms with E-state index >= 15 is 0 Å². The van der Waals surface area contributed by atoms with Gasteiger partial charge in [0, 0.05) is 12.0 Å². The van der Waals surface area contributed by atoms with Crippen LogP contribution in [0.5, 0.6) is 5.88 Å². The molecule has 0 bridgehead atoms. The molecule has 5 nitrogen and oxygen atoms in total. The number of nitrogens with two attached hydrogens (primary N) is 1. The van der Waals surface area contributed by atoms with Gasteiger partial charge in [-0.25, -0.2) is 9.97 Å². The van der Waals surface area contributed by atoms with E-state index in [1.54, 1.807) is 13.2 Å². The highest BCUT2D eigenvalue weighted by molar-refractivity contribution is 5.18. The summed E-state index contributed by atoms with van der Waals surface area (Å²) in [7, 11) is 1.59. The Morgan fingerprint density at radius 2 is 2.05 bits per heavy atom. The summed E-state index contributed by atoms with van der Waals surface area (Å²) in [5.74, 6) is 0.749. The summed E-state index contributed by atoms with van der Waals surface area (Å²) in [5, 5.41) is 0. The molecule has 0 aliphatic carbocycles. The van der Waals surface area contributed by atoms with Crippen LogP contribution in [-0.2, 0) is 4.74 Å². The molecule has 106 valence electrons. The summed E-state index contributed by atoms with van der Waals surface area (Å²) in [6, 6.07) is 1.61. The van der Waals surface area contributed by atoms with Crippen LogP contribution >= 0.6 is 0 Å². The second kappa shape index (κ2) is 4.72. The molecule has 2 unspecified atom stereocenters. The zero-order chi connectivity index (χ0) is 14.3. The number of ether oxygens (including phenoxy) is 2. The van der Waals surface area contributed by atoms with Crippen LogP contribution in [0.3, 0.4) is 0 Å². The third-order valence-electron chi connectivity index (χ3n) is 3.79. The van der Waals surface area contributed by atoms with Gasteiger partial charge in [-0.2, -0.15) is 0 Å². The van der Waals surface area contributed by atoms with Crippen LogP contribution in [0.4, 0.5) is 0 Å². The summed E-state index contributed by atoms with van der Waals surface area (Å²) in [6.45, 7) is 8.37. The smallest absolute Gasteiger partial charge is 0.216 e. The Labute approximate surface area is 114 Å². The van der Waals surface area contributed by atoms with Gasteiger partial charge in [-0.1, -0.05) is 0 Å². The first-order valence-electron chi connectivity index (χ1n) is 6.57. The van der Waals surface area contributed by atoms with Gasteiger partial charge < -0.3 is 15.2 Å². The maximum Gasteiger partial charge on any atom is 0.216 e. The van der Waals surface area contributed by atoms with E-state index in [4.69, 9.17) is 15.2 Å². The Kier molecular flexibility index (Phi) is 3.53. The molecule has 1 aliphatic heterocycles. The lowest BCUT2D eigenvalue weighted by atomic mass is 9.81. The van der Waals surface area contributed by atoms with Crippen LogP contribution in [0.15, 0.2) is 12.4 Å². The maximum atomic E-state index is 6.39. The molecule has 0 radical (unpaired) electrons. The van der Waals surface area contributed by atoms with Gasteiger partial charge in [0.2, 0.25) is 5.88 Å². The van der Waals surface area contributed by atoms with E-state index in [2.05, 4.69) is 37.7 Å². The van der Waals surface area contributed by atoms with Gasteiger partial charge in [-0.3, -0.25) is 0 Å². The maximum absolute atomic E-state index is 6.39. The molecule has 19 heavy (non-hydrogen) atoms. The van der Waals surface area contributed by atoms with E-state index < -0.39 is 0 Å². The van der Waals surface area contributed by atoms with Crippen molar-refractivity contribution in [2.24, 2.45) is 11.7 Å². The van der Waals surface area contributed by atoms with E-state index in [9.17, 15) is 0 Å². The fourth-order valence-electron chi connectivity index (χ4n) is 3.02. The molecule has 2 rings (SSSR count). The quantitative estimate of drug-likeness (QED) is 0.906. The van der Waals surface area contributed by atoms with Crippen LogP contribution in [0.1, 0.15) is 45.9 Å². The molecule has 5 heteroatoms. The lowest BCUT2D eigenvalue weighted by molar-refractivity contribution is -0.0768. The van der Waals surface area contributed by atoms with Crippen molar-refractivity contribution in [3.05, 3.63) is 18.1 Å². The fourth-order valence-corrected chi connectivity index (χ4v) is 3.02. The highest BCUT2D eigenvalue weighted by Crippen LogP contribution is 2.46. The fraction of sp³-hybridized carbons (Fsp3) is 0.714. The molecule has 1 aliphatic rings. The van der Waals surface area contributed by atoms with Gasteiger partial charge in [0.1, 0.15) is 6.33 Å². The lowest BCUT2D eigenvalue weighted by Crippen LogP contribution is -2.36. The zero-order valence-electron chi connectivity index (χ0n) is 12.3. The molecule has 1 aromatic rings. The summed E-state index contributed by atoms with van der Waals surface area (Å²) in [5.41, 5.74) is 6.78. The number of hydrogen-bond acceptors (Lipinski definition) is 5. The van der Waals surface area contributed by atoms with E-state index in [1.807, 2.05) is 0 Å². The van der Waals surface area contributed by atoms with Crippen LogP contribution in [0.2, 0.25) is 0 Å². The molecule has 1 fully saturated rings. The molecule has 2 atom stereocenters. The Balaban J connectivity index is 2.26. The number of methoxy groups -OCH3 is 1. The summed E-state index contributed by atoms with van der Waals surface area (Å²) < 4.78 is 11.2. The third kappa shape index (κ3) is 2.87. The predicted octanol–water partition coefficient (Wildman–Crippen LogP) is 2.08. The van der Waals surface area contributed by atoms with Crippen LogP contribution in [0, 0.1) is 5.92 Å². The number of aromatic nitrogens is 2. The van der Waals surface area contributed by atoms with Crippen LogP contribution in [-0.4, -0.2) is 28.3 Å². The molecular weight excluding hydrogens is 242 g/mol. The molecule has 1 saturated heterocycles. The van der Waals surface area contributed by atoms with Crippen molar-refractivity contribution in [3.63, 3.8) is 0 Å². The highest BCUT2D eigenvalue weighted by atomic mass is 16.5. The minimum Gasteiger partial charge on any atom is -0.481 e. The standard InChI is InChI=1S/C14H23N3O2/c1-13(2)7-9(14(3,4)19-13)12(15)10-6-11(18-5)17-8-16-10/h6,8-9,12H,7,15H2,1-5H3. The second-order valence-electron chi connectivity index (χ2n) is 6.29. The minimum absolute atomic E-state index is 0.150. The summed E-state index contributed by atoms with van der Waals surface area (Å²) in [6.07, 6.45) is 2.40. The number of nitrogens with zero attached hydrogens (tertiary/aromatic N) is 2. The van der Waals surface area contributed by atoms with Crippen molar-refractivity contribution in [1.82, 2.24) is 9.97 Å². The summed E-state index contributed by atoms with van der Waals surface area (Å²) >= 11 is 0.